The smallest absolute Gasteiger partial charge is 0.228 e. The van der Waals surface area contributed by atoms with E-state index >= 15 is 0 Å². The van der Waals surface area contributed by atoms with E-state index in [-0.39, 0.29) is 18.1 Å². The Hall–Kier alpha value is -3.74. The van der Waals surface area contributed by atoms with Crippen LogP contribution in [0.3, 0.4) is 0 Å². The molecule has 4 aromatic rings. The van der Waals surface area contributed by atoms with E-state index in [1.807, 2.05) is 50.5 Å². The highest BCUT2D eigenvalue weighted by molar-refractivity contribution is 5.92. The standard InChI is InChI=1S/C26H28FN5O/c1-17(2)26-28-12-13-31(26)16-20-6-5-7-22(14-20)29-25(33)15-24-18(3)30-32(19(24)4)23-10-8-21(27)9-11-23/h5-14,17H,15-16H2,1-4H3,(H,29,33). The Morgan fingerprint density at radius 2 is 1.88 bits per heavy atom. The predicted molar refractivity (Wildman–Crippen MR) is 127 cm³/mol. The highest BCUT2D eigenvalue weighted by Crippen LogP contribution is 2.20. The number of nitrogens with zero attached hydrogens (tertiary/aromatic N) is 4. The first-order valence-electron chi connectivity index (χ1n) is 11.0. The number of aryl methyl sites for hydroxylation is 1. The van der Waals surface area contributed by atoms with Crippen molar-refractivity contribution in [2.45, 2.75) is 46.6 Å². The van der Waals surface area contributed by atoms with Crippen molar-refractivity contribution in [3.63, 3.8) is 0 Å². The molecule has 0 spiro atoms. The van der Waals surface area contributed by atoms with E-state index in [1.165, 1.54) is 12.1 Å². The number of rotatable bonds is 7. The van der Waals surface area contributed by atoms with Crippen molar-refractivity contribution < 1.29 is 9.18 Å². The van der Waals surface area contributed by atoms with Crippen LogP contribution >= 0.6 is 0 Å². The third kappa shape index (κ3) is 5.03. The number of halogens is 1. The highest BCUT2D eigenvalue weighted by atomic mass is 19.1. The lowest BCUT2D eigenvalue weighted by molar-refractivity contribution is -0.115. The fraction of sp³-hybridized carbons (Fsp3) is 0.269. The number of imidazole rings is 1. The summed E-state index contributed by atoms with van der Waals surface area (Å²) in [5.74, 6) is 0.969. The summed E-state index contributed by atoms with van der Waals surface area (Å²) in [5.41, 5.74) is 5.12. The van der Waals surface area contributed by atoms with Crippen molar-refractivity contribution in [1.29, 1.82) is 0 Å². The van der Waals surface area contributed by atoms with Crippen molar-refractivity contribution in [2.75, 3.05) is 5.32 Å². The van der Waals surface area contributed by atoms with Gasteiger partial charge in [-0.1, -0.05) is 26.0 Å². The second-order valence-electron chi connectivity index (χ2n) is 8.53. The van der Waals surface area contributed by atoms with Gasteiger partial charge < -0.3 is 9.88 Å². The molecule has 1 N–H and O–H groups in total. The zero-order valence-corrected chi connectivity index (χ0v) is 19.3. The Morgan fingerprint density at radius 3 is 2.61 bits per heavy atom. The number of hydrogen-bond donors (Lipinski definition) is 1. The Balaban J connectivity index is 1.47. The lowest BCUT2D eigenvalue weighted by Crippen LogP contribution is -2.15. The molecule has 0 saturated heterocycles. The molecule has 7 heteroatoms. The van der Waals surface area contributed by atoms with Gasteiger partial charge in [0.15, 0.2) is 0 Å². The first kappa shape index (κ1) is 22.5. The number of benzene rings is 2. The minimum absolute atomic E-state index is 0.109. The van der Waals surface area contributed by atoms with E-state index in [4.69, 9.17) is 0 Å². The molecule has 0 aliphatic heterocycles. The SMILES string of the molecule is Cc1nn(-c2ccc(F)cc2)c(C)c1CC(=O)Nc1cccc(Cn2ccnc2C(C)C)c1. The fourth-order valence-corrected chi connectivity index (χ4v) is 4.03. The molecule has 1 amide bonds. The van der Waals surface area contributed by atoms with Gasteiger partial charge in [0.1, 0.15) is 11.6 Å². The number of hydrogen-bond acceptors (Lipinski definition) is 3. The van der Waals surface area contributed by atoms with Crippen molar-refractivity contribution in [3.05, 3.63) is 95.1 Å². The highest BCUT2D eigenvalue weighted by Gasteiger charge is 2.16. The van der Waals surface area contributed by atoms with Crippen LogP contribution in [0, 0.1) is 19.7 Å². The number of anilines is 1. The molecule has 0 atom stereocenters. The zero-order valence-electron chi connectivity index (χ0n) is 19.3. The molecule has 0 radical (unpaired) electrons. The number of nitrogens with one attached hydrogen (secondary N) is 1. The molecule has 33 heavy (non-hydrogen) atoms. The van der Waals surface area contributed by atoms with Crippen LogP contribution in [0.15, 0.2) is 60.9 Å². The van der Waals surface area contributed by atoms with Crippen LogP contribution in [0.25, 0.3) is 5.69 Å². The Morgan fingerprint density at radius 1 is 1.12 bits per heavy atom. The maximum absolute atomic E-state index is 13.3. The van der Waals surface area contributed by atoms with Crippen LogP contribution in [-0.4, -0.2) is 25.2 Å². The predicted octanol–water partition coefficient (Wildman–Crippen LogP) is 5.18. The maximum Gasteiger partial charge on any atom is 0.228 e. The number of amides is 1. The molecule has 2 heterocycles. The van der Waals surface area contributed by atoms with Gasteiger partial charge in [-0.2, -0.15) is 5.10 Å². The quantitative estimate of drug-likeness (QED) is 0.426. The molecule has 6 nitrogen and oxygen atoms in total. The maximum atomic E-state index is 13.3. The molecule has 0 aliphatic carbocycles. The summed E-state index contributed by atoms with van der Waals surface area (Å²) in [6.07, 6.45) is 4.00. The van der Waals surface area contributed by atoms with Crippen LogP contribution in [0.5, 0.6) is 0 Å². The van der Waals surface area contributed by atoms with Crippen molar-refractivity contribution >= 4 is 11.6 Å². The largest absolute Gasteiger partial charge is 0.330 e. The molecular formula is C26H28FN5O. The van der Waals surface area contributed by atoms with Crippen molar-refractivity contribution in [1.82, 2.24) is 19.3 Å². The minimum Gasteiger partial charge on any atom is -0.330 e. The lowest BCUT2D eigenvalue weighted by atomic mass is 10.1. The molecule has 0 fully saturated rings. The van der Waals surface area contributed by atoms with E-state index < -0.39 is 0 Å². The summed E-state index contributed by atoms with van der Waals surface area (Å²) in [6.45, 7) is 8.74. The van der Waals surface area contributed by atoms with Crippen molar-refractivity contribution in [3.8, 4) is 5.69 Å². The van der Waals surface area contributed by atoms with Crippen LogP contribution < -0.4 is 5.32 Å². The van der Waals surface area contributed by atoms with E-state index in [9.17, 15) is 9.18 Å². The van der Waals surface area contributed by atoms with E-state index in [0.717, 1.165) is 39.7 Å². The van der Waals surface area contributed by atoms with Gasteiger partial charge in [-0.25, -0.2) is 14.1 Å². The summed E-state index contributed by atoms with van der Waals surface area (Å²) in [7, 11) is 0. The van der Waals surface area contributed by atoms with E-state index in [1.54, 1.807) is 16.8 Å². The lowest BCUT2D eigenvalue weighted by Gasteiger charge is -2.12. The molecular weight excluding hydrogens is 417 g/mol. The summed E-state index contributed by atoms with van der Waals surface area (Å²) < 4.78 is 17.1. The molecule has 0 bridgehead atoms. The Labute approximate surface area is 193 Å². The number of aromatic nitrogens is 4. The van der Waals surface area contributed by atoms with Crippen LogP contribution in [0.1, 0.15) is 48.1 Å². The summed E-state index contributed by atoms with van der Waals surface area (Å²) in [5, 5.41) is 7.56. The fourth-order valence-electron chi connectivity index (χ4n) is 4.03. The van der Waals surface area contributed by atoms with Gasteiger partial charge in [-0.15, -0.1) is 0 Å². The van der Waals surface area contributed by atoms with Crippen LogP contribution in [0.2, 0.25) is 0 Å². The average Bonchev–Trinajstić information content (AvgIpc) is 3.34. The van der Waals surface area contributed by atoms with Gasteiger partial charge in [0.25, 0.3) is 0 Å². The second-order valence-corrected chi connectivity index (χ2v) is 8.53. The molecule has 0 unspecified atom stereocenters. The Bertz CT molecular complexity index is 1270. The first-order chi connectivity index (χ1) is 15.8. The van der Waals surface area contributed by atoms with E-state index in [0.29, 0.717) is 12.5 Å². The molecule has 2 aromatic carbocycles. The minimum atomic E-state index is -0.296. The zero-order chi connectivity index (χ0) is 23.5. The summed E-state index contributed by atoms with van der Waals surface area (Å²) >= 11 is 0. The van der Waals surface area contributed by atoms with Gasteiger partial charge in [-0.3, -0.25) is 4.79 Å². The Kier molecular flexibility index (Phi) is 6.40. The topological polar surface area (TPSA) is 64.7 Å². The first-order valence-corrected chi connectivity index (χ1v) is 11.0. The average molecular weight is 446 g/mol. The van der Waals surface area contributed by atoms with Crippen molar-refractivity contribution in [2.24, 2.45) is 0 Å². The normalized spacial score (nSPS) is 11.2. The van der Waals surface area contributed by atoms with Crippen LogP contribution in [-0.2, 0) is 17.8 Å². The number of carbonyl (C=O) groups is 1. The van der Waals surface area contributed by atoms with Gasteiger partial charge in [0, 0.05) is 41.8 Å². The molecule has 170 valence electrons. The molecule has 2 aromatic heterocycles. The van der Waals surface area contributed by atoms with Gasteiger partial charge in [-0.05, 0) is 55.8 Å². The van der Waals surface area contributed by atoms with Gasteiger partial charge >= 0.3 is 0 Å². The summed E-state index contributed by atoms with van der Waals surface area (Å²) in [6, 6.07) is 14.0. The van der Waals surface area contributed by atoms with Gasteiger partial charge in [0.05, 0.1) is 17.8 Å². The third-order valence-corrected chi connectivity index (χ3v) is 5.68. The second kappa shape index (κ2) is 9.40. The monoisotopic (exact) mass is 445 g/mol. The molecule has 4 rings (SSSR count). The van der Waals surface area contributed by atoms with Gasteiger partial charge in [0.2, 0.25) is 5.91 Å². The van der Waals surface area contributed by atoms with E-state index in [2.05, 4.69) is 33.8 Å². The third-order valence-electron chi connectivity index (χ3n) is 5.68. The molecule has 0 saturated carbocycles. The summed E-state index contributed by atoms with van der Waals surface area (Å²) in [4.78, 5) is 17.3. The number of carbonyl (C=O) groups excluding carboxylic acids is 1. The molecule has 0 aliphatic rings. The van der Waals surface area contributed by atoms with Crippen LogP contribution in [0.4, 0.5) is 10.1 Å².